The van der Waals surface area contributed by atoms with E-state index < -0.39 is 0 Å². The number of carbonyl (C=O) groups is 1. The molecular formula is C20H25NO4. The van der Waals surface area contributed by atoms with E-state index in [4.69, 9.17) is 14.2 Å². The highest BCUT2D eigenvalue weighted by Gasteiger charge is 2.16. The van der Waals surface area contributed by atoms with E-state index in [2.05, 4.69) is 5.32 Å². The molecule has 0 aliphatic carbocycles. The number of hydrogen-bond donors (Lipinski definition) is 1. The molecule has 2 aromatic carbocycles. The predicted octanol–water partition coefficient (Wildman–Crippen LogP) is 3.98. The maximum Gasteiger partial charge on any atom is 0.255 e. The normalized spacial score (nSPS) is 11.5. The fourth-order valence-electron chi connectivity index (χ4n) is 2.53. The quantitative estimate of drug-likeness (QED) is 0.787. The van der Waals surface area contributed by atoms with Crippen LogP contribution >= 0.6 is 0 Å². The molecule has 5 nitrogen and oxygen atoms in total. The van der Waals surface area contributed by atoms with Crippen molar-refractivity contribution in [2.75, 3.05) is 20.3 Å². The van der Waals surface area contributed by atoms with Crippen LogP contribution in [0.5, 0.6) is 17.2 Å². The molecule has 1 atom stereocenters. The number of carbonyl (C=O) groups excluding carboxylic acids is 1. The van der Waals surface area contributed by atoms with E-state index >= 15 is 0 Å². The van der Waals surface area contributed by atoms with Gasteiger partial charge in [-0.05, 0) is 50.6 Å². The Kier molecular flexibility index (Phi) is 6.69. The Morgan fingerprint density at radius 3 is 2.36 bits per heavy atom. The molecule has 0 radical (unpaired) electrons. The highest BCUT2D eigenvalue weighted by atomic mass is 16.5. The van der Waals surface area contributed by atoms with Crippen molar-refractivity contribution in [2.24, 2.45) is 0 Å². The topological polar surface area (TPSA) is 56.8 Å². The maximum atomic E-state index is 12.5. The first-order chi connectivity index (χ1) is 12.1. The first kappa shape index (κ1) is 18.6. The number of methoxy groups -OCH3 is 1. The second kappa shape index (κ2) is 8.97. The lowest BCUT2D eigenvalue weighted by atomic mass is 10.1. The SMILES string of the molecule is CCOc1ccc([C@@H](C)NC(=O)c2ccccc2OC)cc1OCC. The van der Waals surface area contributed by atoms with Gasteiger partial charge < -0.3 is 19.5 Å². The molecule has 134 valence electrons. The van der Waals surface area contributed by atoms with Crippen LogP contribution in [-0.2, 0) is 0 Å². The third-order valence-corrected chi connectivity index (χ3v) is 3.77. The van der Waals surface area contributed by atoms with Crippen LogP contribution in [0.4, 0.5) is 0 Å². The lowest BCUT2D eigenvalue weighted by molar-refractivity contribution is 0.0936. The standard InChI is InChI=1S/C20H25NO4/c1-5-24-18-12-11-15(13-19(18)25-6-2)14(3)21-20(22)16-9-7-8-10-17(16)23-4/h7-14H,5-6H2,1-4H3,(H,21,22)/t14-/m1/s1. The van der Waals surface area contributed by atoms with Crippen molar-refractivity contribution in [3.63, 3.8) is 0 Å². The highest BCUT2D eigenvalue weighted by molar-refractivity contribution is 5.97. The van der Waals surface area contributed by atoms with Gasteiger partial charge in [0.2, 0.25) is 0 Å². The first-order valence-corrected chi connectivity index (χ1v) is 8.44. The number of hydrogen-bond acceptors (Lipinski definition) is 4. The fraction of sp³-hybridized carbons (Fsp3) is 0.350. The van der Waals surface area contributed by atoms with Crippen molar-refractivity contribution in [3.8, 4) is 17.2 Å². The van der Waals surface area contributed by atoms with Crippen LogP contribution in [0.2, 0.25) is 0 Å². The minimum Gasteiger partial charge on any atom is -0.496 e. The van der Waals surface area contributed by atoms with Gasteiger partial charge in [-0.2, -0.15) is 0 Å². The van der Waals surface area contributed by atoms with Crippen LogP contribution in [0.3, 0.4) is 0 Å². The summed E-state index contributed by atoms with van der Waals surface area (Å²) in [4.78, 5) is 12.5. The van der Waals surface area contributed by atoms with Crippen molar-refractivity contribution in [1.82, 2.24) is 5.32 Å². The van der Waals surface area contributed by atoms with Gasteiger partial charge in [0, 0.05) is 0 Å². The van der Waals surface area contributed by atoms with Gasteiger partial charge in [-0.15, -0.1) is 0 Å². The Labute approximate surface area is 148 Å². The smallest absolute Gasteiger partial charge is 0.255 e. The van der Waals surface area contributed by atoms with E-state index in [1.54, 1.807) is 19.2 Å². The van der Waals surface area contributed by atoms with Crippen LogP contribution in [0.15, 0.2) is 42.5 Å². The summed E-state index contributed by atoms with van der Waals surface area (Å²) in [6.07, 6.45) is 0. The number of benzene rings is 2. The Morgan fingerprint density at radius 1 is 1.00 bits per heavy atom. The summed E-state index contributed by atoms with van der Waals surface area (Å²) in [5.74, 6) is 1.75. The van der Waals surface area contributed by atoms with Crippen LogP contribution < -0.4 is 19.5 Å². The Balaban J connectivity index is 2.18. The summed E-state index contributed by atoms with van der Waals surface area (Å²) >= 11 is 0. The number of ether oxygens (including phenoxy) is 3. The van der Waals surface area contributed by atoms with E-state index in [-0.39, 0.29) is 11.9 Å². The second-order valence-corrected chi connectivity index (χ2v) is 5.47. The largest absolute Gasteiger partial charge is 0.496 e. The van der Waals surface area contributed by atoms with E-state index in [0.717, 1.165) is 5.56 Å². The van der Waals surface area contributed by atoms with Gasteiger partial charge in [0.05, 0.1) is 31.9 Å². The summed E-state index contributed by atoms with van der Waals surface area (Å²) in [5, 5.41) is 2.99. The number of amides is 1. The Morgan fingerprint density at radius 2 is 1.68 bits per heavy atom. The summed E-state index contributed by atoms with van der Waals surface area (Å²) in [6.45, 7) is 6.90. The molecule has 2 rings (SSSR count). The zero-order valence-corrected chi connectivity index (χ0v) is 15.2. The van der Waals surface area contributed by atoms with Crippen LogP contribution in [0.25, 0.3) is 0 Å². The van der Waals surface area contributed by atoms with Gasteiger partial charge >= 0.3 is 0 Å². The second-order valence-electron chi connectivity index (χ2n) is 5.47. The highest BCUT2D eigenvalue weighted by Crippen LogP contribution is 2.31. The lowest BCUT2D eigenvalue weighted by Crippen LogP contribution is -2.27. The maximum absolute atomic E-state index is 12.5. The summed E-state index contributed by atoms with van der Waals surface area (Å²) in [5.41, 5.74) is 1.45. The molecule has 0 aliphatic heterocycles. The molecule has 5 heteroatoms. The predicted molar refractivity (Wildman–Crippen MR) is 97.7 cm³/mol. The monoisotopic (exact) mass is 343 g/mol. The van der Waals surface area contributed by atoms with Gasteiger partial charge in [0.15, 0.2) is 11.5 Å². The van der Waals surface area contributed by atoms with Crippen molar-refractivity contribution >= 4 is 5.91 Å². The average molecular weight is 343 g/mol. The molecule has 0 saturated carbocycles. The summed E-state index contributed by atoms with van der Waals surface area (Å²) in [7, 11) is 1.55. The van der Waals surface area contributed by atoms with Gasteiger partial charge in [0.25, 0.3) is 5.91 Å². The van der Waals surface area contributed by atoms with Crippen molar-refractivity contribution < 1.29 is 19.0 Å². The Hall–Kier alpha value is -2.69. The van der Waals surface area contributed by atoms with Crippen molar-refractivity contribution in [2.45, 2.75) is 26.8 Å². The number of rotatable bonds is 8. The van der Waals surface area contributed by atoms with Gasteiger partial charge in [-0.3, -0.25) is 4.79 Å². The van der Waals surface area contributed by atoms with E-state index in [0.29, 0.717) is 36.0 Å². The first-order valence-electron chi connectivity index (χ1n) is 8.44. The average Bonchev–Trinajstić information content (AvgIpc) is 2.63. The molecule has 0 unspecified atom stereocenters. The van der Waals surface area contributed by atoms with Crippen molar-refractivity contribution in [3.05, 3.63) is 53.6 Å². The van der Waals surface area contributed by atoms with Gasteiger partial charge in [-0.1, -0.05) is 18.2 Å². The third-order valence-electron chi connectivity index (χ3n) is 3.77. The fourth-order valence-corrected chi connectivity index (χ4v) is 2.53. The molecule has 0 fully saturated rings. The molecule has 0 spiro atoms. The molecular weight excluding hydrogens is 318 g/mol. The zero-order chi connectivity index (χ0) is 18.2. The third kappa shape index (κ3) is 4.66. The van der Waals surface area contributed by atoms with E-state index in [1.807, 2.05) is 51.1 Å². The van der Waals surface area contributed by atoms with Crippen LogP contribution in [0, 0.1) is 0 Å². The van der Waals surface area contributed by atoms with E-state index in [1.165, 1.54) is 0 Å². The van der Waals surface area contributed by atoms with E-state index in [9.17, 15) is 4.79 Å². The number of para-hydroxylation sites is 1. The Bertz CT molecular complexity index is 715. The molecule has 2 aromatic rings. The molecule has 0 bridgehead atoms. The molecule has 0 saturated heterocycles. The minimum absolute atomic E-state index is 0.184. The molecule has 0 aromatic heterocycles. The minimum atomic E-state index is -0.188. The molecule has 1 N–H and O–H groups in total. The van der Waals surface area contributed by atoms with Crippen LogP contribution in [-0.4, -0.2) is 26.2 Å². The van der Waals surface area contributed by atoms with Crippen LogP contribution in [0.1, 0.15) is 42.7 Å². The summed E-state index contributed by atoms with van der Waals surface area (Å²) in [6, 6.07) is 12.7. The lowest BCUT2D eigenvalue weighted by Gasteiger charge is -2.18. The van der Waals surface area contributed by atoms with Crippen molar-refractivity contribution in [1.29, 1.82) is 0 Å². The van der Waals surface area contributed by atoms with Gasteiger partial charge in [0.1, 0.15) is 5.75 Å². The van der Waals surface area contributed by atoms with Gasteiger partial charge in [-0.25, -0.2) is 0 Å². The molecule has 0 heterocycles. The summed E-state index contributed by atoms with van der Waals surface area (Å²) < 4.78 is 16.5. The zero-order valence-electron chi connectivity index (χ0n) is 15.2. The molecule has 1 amide bonds. The molecule has 25 heavy (non-hydrogen) atoms. The number of nitrogens with one attached hydrogen (secondary N) is 1. The molecule has 0 aliphatic rings.